The van der Waals surface area contributed by atoms with Crippen LogP contribution in [-0.4, -0.2) is 16.4 Å². The van der Waals surface area contributed by atoms with Crippen LogP contribution in [0.25, 0.3) is 0 Å². The molecule has 0 radical (unpaired) electrons. The maximum atomic E-state index is 11.7. The van der Waals surface area contributed by atoms with Crippen LogP contribution < -0.4 is 11.1 Å². The molecule has 0 aliphatic heterocycles. The number of rotatable bonds is 4. The maximum absolute atomic E-state index is 11.7. The first-order valence-electron chi connectivity index (χ1n) is 4.96. The number of hydrogen-bond donors (Lipinski definition) is 2. The van der Waals surface area contributed by atoms with Crippen molar-refractivity contribution in [2.24, 2.45) is 17.6 Å². The standard InChI is InChI=1S/C10H18N2OS/c1-6(8(11)14)9(13)12-10(2,3)7-4-5-7/h6-7H,4-5H2,1-3H3,(H2,11,14)(H,12,13). The van der Waals surface area contributed by atoms with Crippen LogP contribution in [0.5, 0.6) is 0 Å². The summed E-state index contributed by atoms with van der Waals surface area (Å²) < 4.78 is 0. The van der Waals surface area contributed by atoms with Crippen molar-refractivity contribution in [1.29, 1.82) is 0 Å². The van der Waals surface area contributed by atoms with Gasteiger partial charge in [0.1, 0.15) is 0 Å². The SMILES string of the molecule is CC(C(=O)NC(C)(C)C1CC1)C(N)=S. The molecule has 0 aromatic heterocycles. The van der Waals surface area contributed by atoms with Gasteiger partial charge in [0.15, 0.2) is 0 Å². The molecule has 0 heterocycles. The minimum atomic E-state index is -0.372. The first-order chi connectivity index (χ1) is 6.34. The fourth-order valence-electron chi connectivity index (χ4n) is 1.46. The van der Waals surface area contributed by atoms with Crippen molar-refractivity contribution in [1.82, 2.24) is 5.32 Å². The van der Waals surface area contributed by atoms with Crippen molar-refractivity contribution in [3.8, 4) is 0 Å². The van der Waals surface area contributed by atoms with Crippen molar-refractivity contribution >= 4 is 23.1 Å². The average molecular weight is 214 g/mol. The zero-order chi connectivity index (χ0) is 10.9. The summed E-state index contributed by atoms with van der Waals surface area (Å²) in [4.78, 5) is 11.9. The van der Waals surface area contributed by atoms with E-state index in [1.807, 2.05) is 0 Å². The van der Waals surface area contributed by atoms with E-state index in [1.165, 1.54) is 12.8 Å². The van der Waals surface area contributed by atoms with Gasteiger partial charge in [-0.2, -0.15) is 0 Å². The Morgan fingerprint density at radius 3 is 2.43 bits per heavy atom. The van der Waals surface area contributed by atoms with E-state index in [4.69, 9.17) is 18.0 Å². The Balaban J connectivity index is 2.50. The predicted molar refractivity (Wildman–Crippen MR) is 60.9 cm³/mol. The summed E-state index contributed by atoms with van der Waals surface area (Å²) in [5.41, 5.74) is 5.30. The Labute approximate surface area is 90.4 Å². The first-order valence-corrected chi connectivity index (χ1v) is 5.37. The molecule has 1 amide bonds. The summed E-state index contributed by atoms with van der Waals surface area (Å²) in [6.07, 6.45) is 2.41. The number of amides is 1. The molecule has 1 aliphatic rings. The lowest BCUT2D eigenvalue weighted by Crippen LogP contribution is -2.49. The number of carbonyl (C=O) groups excluding carboxylic acids is 1. The Bertz CT molecular complexity index is 259. The highest BCUT2D eigenvalue weighted by Gasteiger charge is 2.39. The van der Waals surface area contributed by atoms with Crippen LogP contribution in [0.2, 0.25) is 0 Å². The highest BCUT2D eigenvalue weighted by Crippen LogP contribution is 2.39. The molecule has 14 heavy (non-hydrogen) atoms. The number of carbonyl (C=O) groups is 1. The number of nitrogens with one attached hydrogen (secondary N) is 1. The van der Waals surface area contributed by atoms with E-state index in [9.17, 15) is 4.79 Å². The molecule has 4 heteroatoms. The van der Waals surface area contributed by atoms with Crippen LogP contribution in [-0.2, 0) is 4.79 Å². The van der Waals surface area contributed by atoms with E-state index < -0.39 is 0 Å². The second-order valence-electron chi connectivity index (χ2n) is 4.61. The number of hydrogen-bond acceptors (Lipinski definition) is 2. The average Bonchev–Trinajstić information content (AvgIpc) is 2.83. The second-order valence-corrected chi connectivity index (χ2v) is 5.08. The van der Waals surface area contributed by atoms with Gasteiger partial charge in [0.2, 0.25) is 5.91 Å². The zero-order valence-electron chi connectivity index (χ0n) is 8.96. The van der Waals surface area contributed by atoms with Crippen LogP contribution in [0.4, 0.5) is 0 Å². The summed E-state index contributed by atoms with van der Waals surface area (Å²) in [6.45, 7) is 5.84. The highest BCUT2D eigenvalue weighted by atomic mass is 32.1. The normalized spacial score (nSPS) is 18.8. The molecule has 1 saturated carbocycles. The molecular formula is C10H18N2OS. The van der Waals surface area contributed by atoms with E-state index in [1.54, 1.807) is 6.92 Å². The Kier molecular flexibility index (Phi) is 3.14. The third kappa shape index (κ3) is 2.67. The van der Waals surface area contributed by atoms with Crippen LogP contribution in [0, 0.1) is 11.8 Å². The van der Waals surface area contributed by atoms with Crippen LogP contribution >= 0.6 is 12.2 Å². The molecule has 1 rings (SSSR count). The number of thiocarbonyl (C=S) groups is 1. The molecule has 0 saturated heterocycles. The zero-order valence-corrected chi connectivity index (χ0v) is 9.78. The van der Waals surface area contributed by atoms with Crippen molar-refractivity contribution < 1.29 is 4.79 Å². The lowest BCUT2D eigenvalue weighted by atomic mass is 9.97. The molecule has 1 fully saturated rings. The molecule has 0 bridgehead atoms. The summed E-state index contributed by atoms with van der Waals surface area (Å²) in [7, 11) is 0. The van der Waals surface area contributed by atoms with E-state index in [0.717, 1.165) is 0 Å². The molecule has 3 nitrogen and oxygen atoms in total. The van der Waals surface area contributed by atoms with E-state index in [0.29, 0.717) is 5.92 Å². The van der Waals surface area contributed by atoms with Gasteiger partial charge < -0.3 is 11.1 Å². The molecule has 1 atom stereocenters. The predicted octanol–water partition coefficient (Wildman–Crippen LogP) is 1.21. The monoisotopic (exact) mass is 214 g/mol. The van der Waals surface area contributed by atoms with E-state index in [2.05, 4.69) is 19.2 Å². The van der Waals surface area contributed by atoms with Crippen LogP contribution in [0.15, 0.2) is 0 Å². The van der Waals surface area contributed by atoms with Gasteiger partial charge in [-0.05, 0) is 39.5 Å². The van der Waals surface area contributed by atoms with Gasteiger partial charge in [-0.25, -0.2) is 0 Å². The third-order valence-electron chi connectivity index (χ3n) is 2.86. The van der Waals surface area contributed by atoms with Crippen LogP contribution in [0.1, 0.15) is 33.6 Å². The fraction of sp³-hybridized carbons (Fsp3) is 0.800. The van der Waals surface area contributed by atoms with Gasteiger partial charge in [-0.1, -0.05) is 12.2 Å². The minimum Gasteiger partial charge on any atom is -0.393 e. The summed E-state index contributed by atoms with van der Waals surface area (Å²) >= 11 is 4.78. The van der Waals surface area contributed by atoms with Gasteiger partial charge in [-0.15, -0.1) is 0 Å². The van der Waals surface area contributed by atoms with Crippen molar-refractivity contribution in [3.05, 3.63) is 0 Å². The Morgan fingerprint density at radius 2 is 2.07 bits per heavy atom. The highest BCUT2D eigenvalue weighted by molar-refractivity contribution is 7.80. The van der Waals surface area contributed by atoms with E-state index >= 15 is 0 Å². The molecule has 1 aliphatic carbocycles. The smallest absolute Gasteiger partial charge is 0.230 e. The molecule has 80 valence electrons. The van der Waals surface area contributed by atoms with Gasteiger partial charge in [0.05, 0.1) is 10.9 Å². The fourth-order valence-corrected chi connectivity index (χ4v) is 1.57. The molecule has 0 spiro atoms. The van der Waals surface area contributed by atoms with Crippen molar-refractivity contribution in [3.63, 3.8) is 0 Å². The van der Waals surface area contributed by atoms with Crippen molar-refractivity contribution in [2.75, 3.05) is 0 Å². The Hall–Kier alpha value is -0.640. The first kappa shape index (κ1) is 11.4. The topological polar surface area (TPSA) is 55.1 Å². The summed E-state index contributed by atoms with van der Waals surface area (Å²) in [5, 5.41) is 2.99. The lowest BCUT2D eigenvalue weighted by Gasteiger charge is -2.27. The Morgan fingerprint density at radius 1 is 1.57 bits per heavy atom. The largest absolute Gasteiger partial charge is 0.393 e. The van der Waals surface area contributed by atoms with Crippen molar-refractivity contribution in [2.45, 2.75) is 39.2 Å². The van der Waals surface area contributed by atoms with E-state index in [-0.39, 0.29) is 22.4 Å². The van der Waals surface area contributed by atoms with Gasteiger partial charge in [0, 0.05) is 5.54 Å². The quantitative estimate of drug-likeness (QED) is 0.692. The molecule has 3 N–H and O–H groups in total. The number of nitrogens with two attached hydrogens (primary N) is 1. The summed E-state index contributed by atoms with van der Waals surface area (Å²) in [5.74, 6) is 0.183. The maximum Gasteiger partial charge on any atom is 0.230 e. The minimum absolute atomic E-state index is 0.0607. The lowest BCUT2D eigenvalue weighted by molar-refractivity contribution is -0.124. The van der Waals surface area contributed by atoms with Gasteiger partial charge >= 0.3 is 0 Å². The molecule has 0 aromatic carbocycles. The third-order valence-corrected chi connectivity index (χ3v) is 3.22. The molecule has 1 unspecified atom stereocenters. The van der Waals surface area contributed by atoms with Crippen LogP contribution in [0.3, 0.4) is 0 Å². The van der Waals surface area contributed by atoms with Gasteiger partial charge in [-0.3, -0.25) is 4.79 Å². The van der Waals surface area contributed by atoms with Gasteiger partial charge in [0.25, 0.3) is 0 Å². The molecule has 0 aromatic rings. The molecular weight excluding hydrogens is 196 g/mol. The summed E-state index contributed by atoms with van der Waals surface area (Å²) in [6, 6.07) is 0. The second kappa shape index (κ2) is 3.85.